The quantitative estimate of drug-likeness (QED) is 0.0676. The lowest BCUT2D eigenvalue weighted by Crippen LogP contribution is -2.48. The first-order valence-electron chi connectivity index (χ1n) is 12.1. The predicted molar refractivity (Wildman–Crippen MR) is 115 cm³/mol. The molecule has 0 aliphatic heterocycles. The molecule has 0 saturated carbocycles. The minimum atomic E-state index is -6.40. The second kappa shape index (κ2) is 15.1. The van der Waals surface area contributed by atoms with Crippen LogP contribution in [0.4, 0.5) is 79.0 Å². The molecule has 0 radical (unpaired) electrons. The Labute approximate surface area is 239 Å². The van der Waals surface area contributed by atoms with Gasteiger partial charge in [-0.05, 0) is 19.3 Å². The number of alkyl halides is 18. The zero-order valence-corrected chi connectivity index (χ0v) is 23.7. The molecular formula is C21H28F18O4Si. The van der Waals surface area contributed by atoms with Crippen LogP contribution >= 0.6 is 0 Å². The summed E-state index contributed by atoms with van der Waals surface area (Å²) in [5.74, 6) is -30.9. The van der Waals surface area contributed by atoms with Crippen LogP contribution in [-0.2, 0) is 17.7 Å². The summed E-state index contributed by atoms with van der Waals surface area (Å²) in [6.45, 7) is -1.40. The predicted octanol–water partition coefficient (Wildman–Crippen LogP) is 9.20. The molecule has 0 saturated heterocycles. The lowest BCUT2D eigenvalue weighted by Gasteiger charge is -2.28. The summed E-state index contributed by atoms with van der Waals surface area (Å²) in [7, 11) is -2.43. The number of hydrogen-bond donors (Lipinski definition) is 0. The molecule has 266 valence electrons. The molecule has 0 aliphatic rings. The topological polar surface area (TPSA) is 36.9 Å². The van der Waals surface area contributed by atoms with Crippen molar-refractivity contribution in [3.63, 3.8) is 0 Å². The Morgan fingerprint density at radius 3 is 1.05 bits per heavy atom. The fourth-order valence-corrected chi connectivity index (χ4v) is 4.99. The highest BCUT2D eigenvalue weighted by molar-refractivity contribution is 6.53. The molecule has 0 spiro atoms. The molecular weight excluding hydrogens is 686 g/mol. The molecule has 23 heteroatoms. The van der Waals surface area contributed by atoms with E-state index >= 15 is 0 Å². The standard InChI is InChI=1S/C21H28F18O4Si/c1-40-44(41-2,43-9-5-7-15(24,25)11-17(28,29)13-19(32,33)21(37,38)39)42-8-4-3-6-14(22,23)10-16(26,27)12-18(30,31)20(34,35)36/h3-13H2,1-2H3. The third-order valence-electron chi connectivity index (χ3n) is 5.51. The number of unbranched alkanes of at least 4 members (excludes halogenated alkanes) is 1. The molecule has 0 fully saturated rings. The second-order valence-electron chi connectivity index (χ2n) is 9.70. The summed E-state index contributed by atoms with van der Waals surface area (Å²) in [5, 5.41) is 0. The monoisotopic (exact) mass is 714 g/mol. The first-order valence-corrected chi connectivity index (χ1v) is 13.8. The maximum absolute atomic E-state index is 13.9. The molecule has 0 aromatic rings. The molecule has 44 heavy (non-hydrogen) atoms. The van der Waals surface area contributed by atoms with Gasteiger partial charge in [-0.25, -0.2) is 35.1 Å². The van der Waals surface area contributed by atoms with Gasteiger partial charge in [-0.15, -0.1) is 0 Å². The molecule has 0 N–H and O–H groups in total. The van der Waals surface area contributed by atoms with E-state index in [1.807, 2.05) is 0 Å². The Kier molecular flexibility index (Phi) is 14.7. The summed E-state index contributed by atoms with van der Waals surface area (Å²) >= 11 is 0. The van der Waals surface area contributed by atoms with E-state index in [2.05, 4.69) is 0 Å². The van der Waals surface area contributed by atoms with E-state index in [9.17, 15) is 79.0 Å². The maximum atomic E-state index is 13.9. The zero-order valence-electron chi connectivity index (χ0n) is 22.7. The van der Waals surface area contributed by atoms with Crippen molar-refractivity contribution in [2.24, 2.45) is 0 Å². The lowest BCUT2D eigenvalue weighted by atomic mass is 9.99. The van der Waals surface area contributed by atoms with Crippen LogP contribution in [0.2, 0.25) is 0 Å². The van der Waals surface area contributed by atoms with Crippen molar-refractivity contribution in [1.82, 2.24) is 0 Å². The van der Waals surface area contributed by atoms with E-state index in [0.29, 0.717) is 0 Å². The minimum absolute atomic E-state index is 0.416. The average molecular weight is 715 g/mol. The van der Waals surface area contributed by atoms with Crippen LogP contribution in [0.25, 0.3) is 0 Å². The van der Waals surface area contributed by atoms with Crippen LogP contribution in [0.1, 0.15) is 57.8 Å². The Bertz CT molecular complexity index is 859. The van der Waals surface area contributed by atoms with Crippen molar-refractivity contribution in [2.75, 3.05) is 27.4 Å². The van der Waals surface area contributed by atoms with E-state index in [4.69, 9.17) is 17.7 Å². The summed E-state index contributed by atoms with van der Waals surface area (Å²) < 4.78 is 253. The van der Waals surface area contributed by atoms with Gasteiger partial charge in [0.25, 0.3) is 23.7 Å². The third kappa shape index (κ3) is 14.9. The van der Waals surface area contributed by atoms with Gasteiger partial charge in [0.05, 0.1) is 25.7 Å². The van der Waals surface area contributed by atoms with E-state index in [-0.39, 0.29) is 0 Å². The van der Waals surface area contributed by atoms with Crippen molar-refractivity contribution in [1.29, 1.82) is 0 Å². The molecule has 0 aliphatic carbocycles. The summed E-state index contributed by atoms with van der Waals surface area (Å²) in [6.07, 6.45) is -29.3. The summed E-state index contributed by atoms with van der Waals surface area (Å²) in [6, 6.07) is 0. The minimum Gasteiger partial charge on any atom is -0.355 e. The van der Waals surface area contributed by atoms with E-state index in [0.717, 1.165) is 14.2 Å². The second-order valence-corrected chi connectivity index (χ2v) is 12.1. The molecule has 0 rings (SSSR count). The smallest absolute Gasteiger partial charge is 0.355 e. The first kappa shape index (κ1) is 42.8. The van der Waals surface area contributed by atoms with Gasteiger partial charge in [0.15, 0.2) is 0 Å². The van der Waals surface area contributed by atoms with Gasteiger partial charge in [0.1, 0.15) is 0 Å². The summed E-state index contributed by atoms with van der Waals surface area (Å²) in [4.78, 5) is 0. The van der Waals surface area contributed by atoms with Gasteiger partial charge in [0, 0.05) is 40.3 Å². The van der Waals surface area contributed by atoms with E-state index in [1.54, 1.807) is 0 Å². The highest BCUT2D eigenvalue weighted by Gasteiger charge is 2.64. The van der Waals surface area contributed by atoms with Gasteiger partial charge >= 0.3 is 33.2 Å². The van der Waals surface area contributed by atoms with Crippen molar-refractivity contribution in [2.45, 2.75) is 106 Å². The van der Waals surface area contributed by atoms with Crippen LogP contribution in [0.5, 0.6) is 0 Å². The van der Waals surface area contributed by atoms with Crippen molar-refractivity contribution in [3.05, 3.63) is 0 Å². The van der Waals surface area contributed by atoms with E-state index < -0.39 is 128 Å². The van der Waals surface area contributed by atoms with Gasteiger partial charge < -0.3 is 17.7 Å². The number of hydrogen-bond acceptors (Lipinski definition) is 4. The van der Waals surface area contributed by atoms with Gasteiger partial charge in [-0.3, -0.25) is 0 Å². The number of halogens is 18. The molecule has 0 heterocycles. The highest BCUT2D eigenvalue weighted by atomic mass is 28.4. The average Bonchev–Trinajstić information content (AvgIpc) is 2.75. The van der Waals surface area contributed by atoms with Crippen LogP contribution in [0.15, 0.2) is 0 Å². The van der Waals surface area contributed by atoms with Crippen LogP contribution in [-0.4, -0.2) is 84.4 Å². The Morgan fingerprint density at radius 2 is 0.727 bits per heavy atom. The molecule has 0 aromatic carbocycles. The Morgan fingerprint density at radius 1 is 0.409 bits per heavy atom. The highest BCUT2D eigenvalue weighted by Crippen LogP contribution is 2.47. The number of rotatable bonds is 21. The summed E-state index contributed by atoms with van der Waals surface area (Å²) in [5.41, 5.74) is 0. The zero-order chi connectivity index (χ0) is 35.1. The Hall–Kier alpha value is -1.20. The van der Waals surface area contributed by atoms with Crippen LogP contribution in [0, 0.1) is 0 Å². The molecule has 0 amide bonds. The largest absolute Gasteiger partial charge is 0.679 e. The normalized spacial score (nSPS) is 15.3. The molecule has 0 aromatic heterocycles. The molecule has 0 atom stereocenters. The third-order valence-corrected chi connectivity index (χ3v) is 7.62. The fraction of sp³-hybridized carbons (Fsp3) is 1.00. The van der Waals surface area contributed by atoms with E-state index in [1.165, 1.54) is 0 Å². The Balaban J connectivity index is 4.81. The van der Waals surface area contributed by atoms with Gasteiger partial charge in [0.2, 0.25) is 0 Å². The molecule has 0 unspecified atom stereocenters. The maximum Gasteiger partial charge on any atom is 0.679 e. The fourth-order valence-electron chi connectivity index (χ4n) is 3.48. The van der Waals surface area contributed by atoms with Gasteiger partial charge in [-0.1, -0.05) is 0 Å². The van der Waals surface area contributed by atoms with Crippen molar-refractivity contribution < 1.29 is 96.7 Å². The SMILES string of the molecule is CO[Si](OC)(OCCCCC(F)(F)CC(F)(F)CC(F)(F)C(F)(F)F)OCCCC(F)(F)CC(F)(F)CC(F)(F)C(F)(F)F. The van der Waals surface area contributed by atoms with Gasteiger partial charge in [-0.2, -0.15) is 43.9 Å². The van der Waals surface area contributed by atoms with Crippen molar-refractivity contribution >= 4 is 9.05 Å². The molecule has 4 nitrogen and oxygen atoms in total. The van der Waals surface area contributed by atoms with Crippen LogP contribution in [0.3, 0.4) is 0 Å². The lowest BCUT2D eigenvalue weighted by molar-refractivity contribution is -0.304. The van der Waals surface area contributed by atoms with Crippen molar-refractivity contribution in [3.8, 4) is 0 Å². The van der Waals surface area contributed by atoms with Crippen LogP contribution < -0.4 is 0 Å². The molecule has 0 bridgehead atoms. The first-order chi connectivity index (χ1) is 19.4.